The predicted molar refractivity (Wildman–Crippen MR) is 81.2 cm³/mol. The molecule has 0 saturated carbocycles. The van der Waals surface area contributed by atoms with E-state index in [1.807, 2.05) is 30.3 Å². The maximum absolute atomic E-state index is 11.4. The summed E-state index contributed by atoms with van der Waals surface area (Å²) in [6.45, 7) is 1.79. The first-order chi connectivity index (χ1) is 10.2. The summed E-state index contributed by atoms with van der Waals surface area (Å²) in [4.78, 5) is 23.8. The molecule has 1 heterocycles. The van der Waals surface area contributed by atoms with Gasteiger partial charge in [0.05, 0.1) is 12.4 Å². The summed E-state index contributed by atoms with van der Waals surface area (Å²) in [6, 6.07) is 9.91. The number of hydrogen-bond donors (Lipinski definition) is 1. The van der Waals surface area contributed by atoms with Crippen LogP contribution in [0.5, 0.6) is 0 Å². The summed E-state index contributed by atoms with van der Waals surface area (Å²) in [5.41, 5.74) is 0. The van der Waals surface area contributed by atoms with Gasteiger partial charge in [-0.1, -0.05) is 29.5 Å². The van der Waals surface area contributed by atoms with E-state index >= 15 is 0 Å². The van der Waals surface area contributed by atoms with Crippen molar-refractivity contribution in [2.24, 2.45) is 0 Å². The highest BCUT2D eigenvalue weighted by atomic mass is 32.2. The number of carbonyl (C=O) groups excluding carboxylic acids is 2. The van der Waals surface area contributed by atoms with Gasteiger partial charge in [-0.2, -0.15) is 0 Å². The minimum atomic E-state index is -0.923. The number of amides is 1. The van der Waals surface area contributed by atoms with Crippen molar-refractivity contribution in [2.45, 2.75) is 17.6 Å². The van der Waals surface area contributed by atoms with Crippen LogP contribution in [-0.4, -0.2) is 28.7 Å². The summed E-state index contributed by atoms with van der Waals surface area (Å²) in [7, 11) is 0. The number of esters is 1. The van der Waals surface area contributed by atoms with Gasteiger partial charge in [0.15, 0.2) is 0 Å². The number of hydrogen-bond acceptors (Lipinski definition) is 7. The van der Waals surface area contributed by atoms with Gasteiger partial charge >= 0.3 is 11.9 Å². The molecule has 1 amide bonds. The zero-order chi connectivity index (χ0) is 15.1. The maximum atomic E-state index is 11.4. The van der Waals surface area contributed by atoms with E-state index in [-0.39, 0.29) is 11.7 Å². The molecule has 6 nitrogen and oxygen atoms in total. The number of aromatic nitrogens is 2. The maximum Gasteiger partial charge on any atom is 0.397 e. The third-order valence-corrected chi connectivity index (χ3v) is 4.30. The van der Waals surface area contributed by atoms with Gasteiger partial charge in [0.1, 0.15) is 5.01 Å². The van der Waals surface area contributed by atoms with Crippen LogP contribution in [0.3, 0.4) is 0 Å². The molecule has 0 aliphatic heterocycles. The minimum absolute atomic E-state index is 0.154. The number of benzene rings is 1. The number of thioether (sulfide) groups is 1. The Morgan fingerprint density at radius 3 is 2.76 bits per heavy atom. The van der Waals surface area contributed by atoms with Gasteiger partial charge in [-0.05, 0) is 19.1 Å². The van der Waals surface area contributed by atoms with Crippen molar-refractivity contribution in [3.05, 3.63) is 35.3 Å². The lowest BCUT2D eigenvalue weighted by Gasteiger charge is -1.99. The first-order valence-corrected chi connectivity index (χ1v) is 7.97. The van der Waals surface area contributed by atoms with Crippen LogP contribution in [0.4, 0.5) is 5.13 Å². The molecule has 2 rings (SSSR count). The molecule has 0 fully saturated rings. The number of nitrogens with zero attached hydrogens (tertiary/aromatic N) is 2. The van der Waals surface area contributed by atoms with Gasteiger partial charge in [0, 0.05) is 4.90 Å². The molecule has 0 radical (unpaired) electrons. The van der Waals surface area contributed by atoms with Crippen molar-refractivity contribution in [1.29, 1.82) is 0 Å². The second-order valence-electron chi connectivity index (χ2n) is 3.78. The lowest BCUT2D eigenvalue weighted by molar-refractivity contribution is -0.152. The third-order valence-electron chi connectivity index (χ3n) is 2.25. The molecule has 0 aliphatic carbocycles. The average molecular weight is 323 g/mol. The fourth-order valence-electron chi connectivity index (χ4n) is 1.37. The quantitative estimate of drug-likeness (QED) is 0.517. The van der Waals surface area contributed by atoms with E-state index in [4.69, 9.17) is 0 Å². The van der Waals surface area contributed by atoms with Crippen molar-refractivity contribution < 1.29 is 14.3 Å². The van der Waals surface area contributed by atoms with Gasteiger partial charge in [-0.3, -0.25) is 10.1 Å². The molecule has 21 heavy (non-hydrogen) atoms. The number of carbonyl (C=O) groups is 2. The lowest BCUT2D eigenvalue weighted by atomic mass is 10.4. The normalized spacial score (nSPS) is 10.1. The van der Waals surface area contributed by atoms with Gasteiger partial charge in [0.2, 0.25) is 5.13 Å². The van der Waals surface area contributed by atoms with Gasteiger partial charge in [-0.25, -0.2) is 4.79 Å². The summed E-state index contributed by atoms with van der Waals surface area (Å²) >= 11 is 2.86. The molecule has 1 N–H and O–H groups in total. The van der Waals surface area contributed by atoms with E-state index in [2.05, 4.69) is 20.3 Å². The fraction of sp³-hybridized carbons (Fsp3) is 0.231. The first-order valence-electron chi connectivity index (χ1n) is 6.17. The van der Waals surface area contributed by atoms with Crippen LogP contribution >= 0.6 is 23.1 Å². The van der Waals surface area contributed by atoms with Gasteiger partial charge in [0.25, 0.3) is 0 Å². The molecule has 2 aromatic rings. The van der Waals surface area contributed by atoms with E-state index in [1.165, 1.54) is 11.3 Å². The standard InChI is InChI=1S/C13H13N3O3S2/c1-2-19-12(18)11(17)14-13-16-15-10(21-13)8-20-9-6-4-3-5-7-9/h3-7H,2,8H2,1H3,(H,14,16,17). The number of anilines is 1. The Morgan fingerprint density at radius 2 is 2.05 bits per heavy atom. The van der Waals surface area contributed by atoms with E-state index < -0.39 is 11.9 Å². The molecule has 1 aromatic heterocycles. The summed E-state index contributed by atoms with van der Waals surface area (Å²) in [6.07, 6.45) is 0. The summed E-state index contributed by atoms with van der Waals surface area (Å²) in [5, 5.41) is 11.2. The number of ether oxygens (including phenoxy) is 1. The highest BCUT2D eigenvalue weighted by Gasteiger charge is 2.17. The Bertz CT molecular complexity index is 616. The van der Waals surface area contributed by atoms with Crippen LogP contribution in [0.1, 0.15) is 11.9 Å². The fourth-order valence-corrected chi connectivity index (χ4v) is 3.01. The summed E-state index contributed by atoms with van der Waals surface area (Å²) < 4.78 is 4.59. The smallest absolute Gasteiger partial charge is 0.397 e. The minimum Gasteiger partial charge on any atom is -0.459 e. The highest BCUT2D eigenvalue weighted by Crippen LogP contribution is 2.25. The van der Waals surface area contributed by atoms with Crippen LogP contribution in [0.15, 0.2) is 35.2 Å². The Labute approximate surface area is 129 Å². The van der Waals surface area contributed by atoms with Crippen molar-refractivity contribution in [2.75, 3.05) is 11.9 Å². The van der Waals surface area contributed by atoms with Crippen molar-refractivity contribution in [3.8, 4) is 0 Å². The van der Waals surface area contributed by atoms with E-state index in [1.54, 1.807) is 18.7 Å². The Balaban J connectivity index is 1.87. The van der Waals surface area contributed by atoms with E-state index in [0.717, 1.165) is 9.90 Å². The Hall–Kier alpha value is -1.93. The SMILES string of the molecule is CCOC(=O)C(=O)Nc1nnc(CSc2ccccc2)s1. The first kappa shape index (κ1) is 15.5. The molecule has 0 aliphatic rings. The second kappa shape index (κ2) is 7.75. The molecular formula is C13H13N3O3S2. The predicted octanol–water partition coefficient (Wildman–Crippen LogP) is 2.33. The topological polar surface area (TPSA) is 81.2 Å². The monoisotopic (exact) mass is 323 g/mol. The molecule has 110 valence electrons. The van der Waals surface area contributed by atoms with Crippen LogP contribution in [0.2, 0.25) is 0 Å². The van der Waals surface area contributed by atoms with Crippen molar-refractivity contribution >= 4 is 40.1 Å². The van der Waals surface area contributed by atoms with Crippen molar-refractivity contribution in [3.63, 3.8) is 0 Å². The Kier molecular flexibility index (Phi) is 5.70. The molecule has 8 heteroatoms. The molecule has 0 atom stereocenters. The molecule has 1 aromatic carbocycles. The molecule has 0 bridgehead atoms. The zero-order valence-corrected chi connectivity index (χ0v) is 12.9. The number of nitrogens with one attached hydrogen (secondary N) is 1. The van der Waals surface area contributed by atoms with Crippen molar-refractivity contribution in [1.82, 2.24) is 10.2 Å². The summed E-state index contributed by atoms with van der Waals surface area (Å²) in [5.74, 6) is -1.11. The van der Waals surface area contributed by atoms with Gasteiger partial charge < -0.3 is 4.74 Å². The largest absolute Gasteiger partial charge is 0.459 e. The van der Waals surface area contributed by atoms with Gasteiger partial charge in [-0.15, -0.1) is 22.0 Å². The average Bonchev–Trinajstić information content (AvgIpc) is 2.94. The molecular weight excluding hydrogens is 310 g/mol. The van der Waals surface area contributed by atoms with Crippen LogP contribution in [-0.2, 0) is 20.1 Å². The number of rotatable bonds is 5. The molecule has 0 saturated heterocycles. The highest BCUT2D eigenvalue weighted by molar-refractivity contribution is 7.98. The lowest BCUT2D eigenvalue weighted by Crippen LogP contribution is -2.24. The van der Waals surface area contributed by atoms with Crippen LogP contribution in [0, 0.1) is 0 Å². The molecule has 0 spiro atoms. The Morgan fingerprint density at radius 1 is 1.29 bits per heavy atom. The molecule has 0 unspecified atom stereocenters. The van der Waals surface area contributed by atoms with E-state index in [9.17, 15) is 9.59 Å². The van der Waals surface area contributed by atoms with E-state index in [0.29, 0.717) is 5.75 Å². The zero-order valence-electron chi connectivity index (χ0n) is 11.2. The second-order valence-corrected chi connectivity index (χ2v) is 5.89. The third kappa shape index (κ3) is 4.83. The van der Waals surface area contributed by atoms with Crippen LogP contribution < -0.4 is 5.32 Å². The van der Waals surface area contributed by atoms with Crippen LogP contribution in [0.25, 0.3) is 0 Å².